The van der Waals surface area contributed by atoms with Crippen LogP contribution in [0, 0.1) is 6.92 Å². The molecule has 2 rings (SSSR count). The lowest BCUT2D eigenvalue weighted by Gasteiger charge is -2.16. The fraction of sp³-hybridized carbons (Fsp3) is 0.375. The van der Waals surface area contributed by atoms with Gasteiger partial charge in [0.25, 0.3) is 0 Å². The Bertz CT molecular complexity index is 642. The molecule has 4 nitrogen and oxygen atoms in total. The molecule has 0 spiro atoms. The van der Waals surface area contributed by atoms with Crippen LogP contribution in [0.4, 0.5) is 0 Å². The van der Waals surface area contributed by atoms with E-state index in [1.54, 1.807) is 10.7 Å². The Hall–Kier alpha value is -2.10. The van der Waals surface area contributed by atoms with Crippen LogP contribution in [0.5, 0.6) is 0 Å². The molecule has 0 aliphatic heterocycles. The summed E-state index contributed by atoms with van der Waals surface area (Å²) >= 11 is 0. The maximum Gasteiger partial charge on any atom is 0.356 e. The van der Waals surface area contributed by atoms with Gasteiger partial charge in [-0.1, -0.05) is 39.0 Å². The van der Waals surface area contributed by atoms with Crippen molar-refractivity contribution in [2.75, 3.05) is 0 Å². The van der Waals surface area contributed by atoms with E-state index in [2.05, 4.69) is 18.1 Å². The fourth-order valence-electron chi connectivity index (χ4n) is 2.40. The van der Waals surface area contributed by atoms with Crippen LogP contribution >= 0.6 is 0 Å². The number of rotatable bonds is 4. The van der Waals surface area contributed by atoms with Crippen LogP contribution in [-0.2, 0) is 6.42 Å². The van der Waals surface area contributed by atoms with E-state index < -0.39 is 5.97 Å². The normalized spacial score (nSPS) is 11.1. The molecule has 0 aliphatic rings. The number of hydrogen-bond donors (Lipinski definition) is 1. The number of carboxylic acid groups (broad SMARTS) is 1. The van der Waals surface area contributed by atoms with Crippen LogP contribution in [0.3, 0.4) is 0 Å². The zero-order chi connectivity index (χ0) is 14.9. The highest BCUT2D eigenvalue weighted by Gasteiger charge is 2.19. The molecule has 0 saturated heterocycles. The van der Waals surface area contributed by atoms with E-state index in [0.717, 1.165) is 23.4 Å². The standard InChI is InChI=1S/C16H20N2O2/c1-5-12-8-6-7-11(4)15(12)18-14(10(2)3)9-13(17-18)16(19)20/h6-10H,5H2,1-4H3,(H,19,20). The molecule has 0 fully saturated rings. The number of carboxylic acids is 1. The summed E-state index contributed by atoms with van der Waals surface area (Å²) in [5.74, 6) is -0.780. The van der Waals surface area contributed by atoms with Crippen LogP contribution in [0.15, 0.2) is 24.3 Å². The molecule has 4 heteroatoms. The highest BCUT2D eigenvalue weighted by atomic mass is 16.4. The zero-order valence-electron chi connectivity index (χ0n) is 12.3. The van der Waals surface area contributed by atoms with Crippen molar-refractivity contribution in [3.63, 3.8) is 0 Å². The molecule has 20 heavy (non-hydrogen) atoms. The minimum absolute atomic E-state index is 0.0963. The van der Waals surface area contributed by atoms with Crippen molar-refractivity contribution >= 4 is 5.97 Å². The highest BCUT2D eigenvalue weighted by molar-refractivity contribution is 5.85. The average molecular weight is 272 g/mol. The molecule has 0 bridgehead atoms. The van der Waals surface area contributed by atoms with Crippen molar-refractivity contribution in [2.24, 2.45) is 0 Å². The van der Waals surface area contributed by atoms with Crippen LogP contribution in [0.1, 0.15) is 54.0 Å². The Morgan fingerprint density at radius 2 is 2.10 bits per heavy atom. The summed E-state index contributed by atoms with van der Waals surface area (Å²) in [6, 6.07) is 7.78. The Balaban J connectivity index is 2.72. The molecule has 0 radical (unpaired) electrons. The van der Waals surface area contributed by atoms with Gasteiger partial charge in [0.15, 0.2) is 5.69 Å². The number of aryl methyl sites for hydroxylation is 2. The molecule has 0 atom stereocenters. The molecule has 0 aliphatic carbocycles. The maximum absolute atomic E-state index is 11.2. The molecule has 1 N–H and O–H groups in total. The first-order valence-electron chi connectivity index (χ1n) is 6.87. The second-order valence-corrected chi connectivity index (χ2v) is 5.26. The third-order valence-electron chi connectivity index (χ3n) is 3.46. The molecule has 0 amide bonds. The topological polar surface area (TPSA) is 55.1 Å². The lowest BCUT2D eigenvalue weighted by Crippen LogP contribution is -2.09. The molecule has 1 aromatic carbocycles. The predicted molar refractivity (Wildman–Crippen MR) is 78.7 cm³/mol. The lowest BCUT2D eigenvalue weighted by atomic mass is 10.0. The van der Waals surface area contributed by atoms with Crippen LogP contribution in [-0.4, -0.2) is 20.9 Å². The second kappa shape index (κ2) is 5.49. The van der Waals surface area contributed by atoms with Gasteiger partial charge < -0.3 is 5.11 Å². The number of nitrogens with zero attached hydrogens (tertiary/aromatic N) is 2. The fourth-order valence-corrected chi connectivity index (χ4v) is 2.40. The lowest BCUT2D eigenvalue weighted by molar-refractivity contribution is 0.0690. The van der Waals surface area contributed by atoms with Gasteiger partial charge in [-0.15, -0.1) is 0 Å². The van der Waals surface area contributed by atoms with E-state index in [-0.39, 0.29) is 11.6 Å². The summed E-state index contributed by atoms with van der Waals surface area (Å²) in [7, 11) is 0. The van der Waals surface area contributed by atoms with Gasteiger partial charge in [-0.3, -0.25) is 0 Å². The third kappa shape index (κ3) is 2.46. The summed E-state index contributed by atoms with van der Waals surface area (Å²) in [4.78, 5) is 11.2. The van der Waals surface area contributed by atoms with Crippen molar-refractivity contribution < 1.29 is 9.90 Å². The minimum Gasteiger partial charge on any atom is -0.476 e. The first-order valence-corrected chi connectivity index (χ1v) is 6.87. The van der Waals surface area contributed by atoms with Crippen molar-refractivity contribution in [3.8, 4) is 5.69 Å². The Kier molecular flexibility index (Phi) is 3.93. The number of hydrogen-bond acceptors (Lipinski definition) is 2. The summed E-state index contributed by atoms with van der Waals surface area (Å²) in [6.45, 7) is 8.21. The van der Waals surface area contributed by atoms with E-state index in [1.807, 2.05) is 32.9 Å². The molecule has 1 aromatic heterocycles. The largest absolute Gasteiger partial charge is 0.476 e. The number of carbonyl (C=O) groups is 1. The Morgan fingerprint density at radius 3 is 2.65 bits per heavy atom. The monoisotopic (exact) mass is 272 g/mol. The van der Waals surface area contributed by atoms with Gasteiger partial charge >= 0.3 is 5.97 Å². The molecule has 0 saturated carbocycles. The van der Waals surface area contributed by atoms with Crippen LogP contribution in [0.2, 0.25) is 0 Å². The van der Waals surface area contributed by atoms with Crippen LogP contribution in [0.25, 0.3) is 5.69 Å². The molecule has 0 unspecified atom stereocenters. The molecular formula is C16H20N2O2. The SMILES string of the molecule is CCc1cccc(C)c1-n1nc(C(=O)O)cc1C(C)C. The van der Waals surface area contributed by atoms with E-state index >= 15 is 0 Å². The first-order chi connectivity index (χ1) is 9.45. The summed E-state index contributed by atoms with van der Waals surface area (Å²) in [5.41, 5.74) is 4.30. The van der Waals surface area contributed by atoms with Gasteiger partial charge in [-0.25, -0.2) is 9.48 Å². The smallest absolute Gasteiger partial charge is 0.356 e. The van der Waals surface area contributed by atoms with Gasteiger partial charge in [0.1, 0.15) is 0 Å². The number of aromatic carboxylic acids is 1. The molecule has 2 aromatic rings. The molecule has 1 heterocycles. The average Bonchev–Trinajstić information content (AvgIpc) is 2.83. The molecule has 106 valence electrons. The van der Waals surface area contributed by atoms with Crippen molar-refractivity contribution in [1.82, 2.24) is 9.78 Å². The molecular weight excluding hydrogens is 252 g/mol. The summed E-state index contributed by atoms with van der Waals surface area (Å²) in [6.07, 6.45) is 0.886. The van der Waals surface area contributed by atoms with E-state index in [0.29, 0.717) is 0 Å². The minimum atomic E-state index is -0.989. The number of para-hydroxylation sites is 1. The predicted octanol–water partition coefficient (Wildman–Crippen LogP) is 3.56. The second-order valence-electron chi connectivity index (χ2n) is 5.26. The van der Waals surface area contributed by atoms with Gasteiger partial charge in [0.2, 0.25) is 0 Å². The summed E-state index contributed by atoms with van der Waals surface area (Å²) in [5, 5.41) is 13.5. The Labute approximate surface area is 119 Å². The first kappa shape index (κ1) is 14.3. The highest BCUT2D eigenvalue weighted by Crippen LogP contribution is 2.25. The van der Waals surface area contributed by atoms with Crippen molar-refractivity contribution in [3.05, 3.63) is 46.8 Å². The van der Waals surface area contributed by atoms with E-state index in [1.165, 1.54) is 5.56 Å². The Morgan fingerprint density at radius 1 is 1.40 bits per heavy atom. The summed E-state index contributed by atoms with van der Waals surface area (Å²) < 4.78 is 1.79. The van der Waals surface area contributed by atoms with E-state index in [9.17, 15) is 9.90 Å². The van der Waals surface area contributed by atoms with Gasteiger partial charge in [-0.05, 0) is 36.5 Å². The van der Waals surface area contributed by atoms with Gasteiger partial charge in [0.05, 0.1) is 5.69 Å². The number of aromatic nitrogens is 2. The quantitative estimate of drug-likeness (QED) is 0.925. The zero-order valence-corrected chi connectivity index (χ0v) is 12.3. The van der Waals surface area contributed by atoms with Crippen molar-refractivity contribution in [1.29, 1.82) is 0 Å². The van der Waals surface area contributed by atoms with Crippen LogP contribution < -0.4 is 0 Å². The maximum atomic E-state index is 11.2. The van der Waals surface area contributed by atoms with Gasteiger partial charge in [0, 0.05) is 5.69 Å². The van der Waals surface area contributed by atoms with Gasteiger partial charge in [-0.2, -0.15) is 5.10 Å². The van der Waals surface area contributed by atoms with E-state index in [4.69, 9.17) is 0 Å². The number of benzene rings is 1. The van der Waals surface area contributed by atoms with Crippen molar-refractivity contribution in [2.45, 2.75) is 40.0 Å². The third-order valence-corrected chi connectivity index (χ3v) is 3.46.